The molecule has 2 aromatic carbocycles. The van der Waals surface area contributed by atoms with Crippen LogP contribution in [0, 0.1) is 19.8 Å². The van der Waals surface area contributed by atoms with Crippen molar-refractivity contribution in [3.63, 3.8) is 0 Å². The van der Waals surface area contributed by atoms with Gasteiger partial charge in [0.05, 0.1) is 6.61 Å². The Kier molecular flexibility index (Phi) is 8.84. The maximum Gasteiger partial charge on any atom is 0.229 e. The van der Waals surface area contributed by atoms with Gasteiger partial charge in [-0.2, -0.15) is 4.99 Å². The molecule has 0 aliphatic carbocycles. The molecule has 0 saturated carbocycles. The first-order chi connectivity index (χ1) is 17.5. The van der Waals surface area contributed by atoms with Crippen LogP contribution in [0.4, 0.5) is 11.6 Å². The van der Waals surface area contributed by atoms with Crippen molar-refractivity contribution >= 4 is 34.9 Å². The first-order valence-corrected chi connectivity index (χ1v) is 12.9. The molecule has 2 N–H and O–H groups in total. The quantitative estimate of drug-likeness (QED) is 0.258. The van der Waals surface area contributed by atoms with Gasteiger partial charge in [-0.25, -0.2) is 9.97 Å². The number of aliphatic imine (C=N–C) groups is 1. The highest BCUT2D eigenvalue weighted by Gasteiger charge is 2.23. The highest BCUT2D eigenvalue weighted by atomic mass is 32.1. The number of anilines is 2. The number of nitrogens with one attached hydrogen (secondary N) is 2. The van der Waals surface area contributed by atoms with E-state index in [1.807, 2.05) is 51.1 Å². The molecule has 1 aliphatic heterocycles. The Morgan fingerprint density at radius 3 is 2.31 bits per heavy atom. The molecule has 2 heterocycles. The second-order valence-corrected chi connectivity index (χ2v) is 9.43. The predicted molar refractivity (Wildman–Crippen MR) is 151 cm³/mol. The molecule has 188 valence electrons. The van der Waals surface area contributed by atoms with Crippen molar-refractivity contribution in [1.82, 2.24) is 14.9 Å². The van der Waals surface area contributed by atoms with Crippen molar-refractivity contribution in [2.24, 2.45) is 10.9 Å². The standard InChI is InChI=1S/C28H34N6OS/c1-4-35-25-12-10-24(11-13-25)31-28(36)33-27(32-26-29-20(2)18-21(3)30-26)34-16-14-23(15-17-34)19-22-8-6-5-7-9-22/h5-13,18,23H,4,14-17,19H2,1-3H3,(H2,29,30,31,32,33,36). The molecule has 1 saturated heterocycles. The smallest absolute Gasteiger partial charge is 0.229 e. The number of aromatic nitrogens is 2. The van der Waals surface area contributed by atoms with E-state index in [-0.39, 0.29) is 0 Å². The van der Waals surface area contributed by atoms with Crippen molar-refractivity contribution in [3.8, 4) is 5.75 Å². The molecule has 36 heavy (non-hydrogen) atoms. The molecule has 0 spiro atoms. The Bertz CT molecular complexity index is 1150. The van der Waals surface area contributed by atoms with Crippen molar-refractivity contribution in [2.45, 2.75) is 40.0 Å². The molecule has 1 aliphatic rings. The molecule has 4 rings (SSSR count). The van der Waals surface area contributed by atoms with E-state index >= 15 is 0 Å². The monoisotopic (exact) mass is 502 g/mol. The predicted octanol–water partition coefficient (Wildman–Crippen LogP) is 5.61. The molecule has 0 bridgehead atoms. The Morgan fingerprint density at radius 1 is 1.00 bits per heavy atom. The summed E-state index contributed by atoms with van der Waals surface area (Å²) in [5, 5.41) is 6.93. The van der Waals surface area contributed by atoms with Crippen molar-refractivity contribution in [2.75, 3.05) is 30.3 Å². The summed E-state index contributed by atoms with van der Waals surface area (Å²) in [6.45, 7) is 8.30. The number of likely N-dealkylation sites (tertiary alicyclic amines) is 1. The number of benzene rings is 2. The molecular formula is C28H34N6OS. The molecule has 1 fully saturated rings. The van der Waals surface area contributed by atoms with Gasteiger partial charge in [0.25, 0.3) is 0 Å². The third-order valence-electron chi connectivity index (χ3n) is 6.11. The second kappa shape index (κ2) is 12.4. The minimum absolute atomic E-state index is 0.373. The molecular weight excluding hydrogens is 468 g/mol. The van der Waals surface area contributed by atoms with Gasteiger partial charge in [-0.1, -0.05) is 30.3 Å². The van der Waals surface area contributed by atoms with Crippen LogP contribution in [0.5, 0.6) is 5.75 Å². The van der Waals surface area contributed by atoms with Gasteiger partial charge in [0.15, 0.2) is 0 Å². The molecule has 7 nitrogen and oxygen atoms in total. The first-order valence-electron chi connectivity index (χ1n) is 12.5. The molecule has 3 aromatic rings. The van der Waals surface area contributed by atoms with Crippen LogP contribution in [-0.4, -0.2) is 45.6 Å². The van der Waals surface area contributed by atoms with E-state index < -0.39 is 0 Å². The zero-order valence-electron chi connectivity index (χ0n) is 21.2. The van der Waals surface area contributed by atoms with Crippen LogP contribution in [0.2, 0.25) is 0 Å². The second-order valence-electron chi connectivity index (χ2n) is 9.04. The van der Waals surface area contributed by atoms with E-state index in [0.717, 1.165) is 55.2 Å². The zero-order chi connectivity index (χ0) is 25.3. The number of thiocarbonyl (C=S) groups is 1. The number of rotatable bonds is 6. The van der Waals surface area contributed by atoms with Gasteiger partial charge in [-0.3, -0.25) is 5.32 Å². The molecule has 0 amide bonds. The maximum absolute atomic E-state index is 5.61. The van der Waals surface area contributed by atoms with Crippen LogP contribution in [0.3, 0.4) is 0 Å². The number of guanidine groups is 1. The number of nitrogens with zero attached hydrogens (tertiary/aromatic N) is 4. The lowest BCUT2D eigenvalue weighted by Gasteiger charge is -2.34. The van der Waals surface area contributed by atoms with Crippen LogP contribution in [0.25, 0.3) is 0 Å². The average Bonchev–Trinajstić information content (AvgIpc) is 2.85. The SMILES string of the molecule is CCOc1ccc(NC(=S)/N=C(/Nc2nc(C)cc(C)n2)N2CCC(Cc3ccccc3)CC2)cc1. The van der Waals surface area contributed by atoms with Gasteiger partial charge >= 0.3 is 0 Å². The van der Waals surface area contributed by atoms with E-state index in [4.69, 9.17) is 21.9 Å². The summed E-state index contributed by atoms with van der Waals surface area (Å²) in [6, 6.07) is 20.4. The Hall–Kier alpha value is -3.52. The Labute approximate surface area is 219 Å². The Morgan fingerprint density at radius 2 is 1.67 bits per heavy atom. The number of piperidine rings is 1. The summed E-state index contributed by atoms with van der Waals surface area (Å²) in [6.07, 6.45) is 3.28. The van der Waals surface area contributed by atoms with Gasteiger partial charge in [0, 0.05) is 30.2 Å². The molecule has 0 atom stereocenters. The molecule has 8 heteroatoms. The number of hydrogen-bond donors (Lipinski definition) is 2. The maximum atomic E-state index is 5.61. The van der Waals surface area contributed by atoms with Gasteiger partial charge in [-0.15, -0.1) is 0 Å². The van der Waals surface area contributed by atoms with Gasteiger partial charge < -0.3 is 15.0 Å². The summed E-state index contributed by atoms with van der Waals surface area (Å²) in [5.41, 5.74) is 4.06. The fourth-order valence-electron chi connectivity index (χ4n) is 4.40. The zero-order valence-corrected chi connectivity index (χ0v) is 22.0. The average molecular weight is 503 g/mol. The number of ether oxygens (including phenoxy) is 1. The van der Waals surface area contributed by atoms with Crippen LogP contribution in [0.1, 0.15) is 36.7 Å². The Balaban J connectivity index is 1.47. The third kappa shape index (κ3) is 7.49. The van der Waals surface area contributed by atoms with Crippen molar-refractivity contribution in [1.29, 1.82) is 0 Å². The summed E-state index contributed by atoms with van der Waals surface area (Å²) in [4.78, 5) is 16.1. The summed E-state index contributed by atoms with van der Waals surface area (Å²) in [7, 11) is 0. The van der Waals surface area contributed by atoms with Crippen LogP contribution >= 0.6 is 12.2 Å². The topological polar surface area (TPSA) is 74.7 Å². The normalized spacial score (nSPS) is 14.4. The fourth-order valence-corrected chi connectivity index (χ4v) is 4.61. The lowest BCUT2D eigenvalue weighted by atomic mass is 9.90. The van der Waals surface area contributed by atoms with Gasteiger partial charge in [0.2, 0.25) is 17.0 Å². The highest BCUT2D eigenvalue weighted by Crippen LogP contribution is 2.22. The van der Waals surface area contributed by atoms with Crippen LogP contribution in [0.15, 0.2) is 65.7 Å². The highest BCUT2D eigenvalue weighted by molar-refractivity contribution is 7.80. The van der Waals surface area contributed by atoms with Crippen LogP contribution < -0.4 is 15.4 Å². The number of hydrogen-bond acceptors (Lipinski definition) is 4. The van der Waals surface area contributed by atoms with E-state index in [2.05, 4.69) is 55.8 Å². The summed E-state index contributed by atoms with van der Waals surface area (Å²) < 4.78 is 5.52. The molecule has 0 unspecified atom stereocenters. The van der Waals surface area contributed by atoms with E-state index in [1.54, 1.807) is 0 Å². The first kappa shape index (κ1) is 25.6. The molecule has 0 radical (unpaired) electrons. The van der Waals surface area contributed by atoms with Crippen molar-refractivity contribution < 1.29 is 4.74 Å². The summed E-state index contributed by atoms with van der Waals surface area (Å²) >= 11 is 5.61. The molecule has 1 aromatic heterocycles. The number of aryl methyl sites for hydroxylation is 2. The lowest BCUT2D eigenvalue weighted by Crippen LogP contribution is -2.43. The minimum atomic E-state index is 0.373. The van der Waals surface area contributed by atoms with Crippen molar-refractivity contribution in [3.05, 3.63) is 77.6 Å². The minimum Gasteiger partial charge on any atom is -0.494 e. The third-order valence-corrected chi connectivity index (χ3v) is 6.30. The summed E-state index contributed by atoms with van der Waals surface area (Å²) in [5.74, 6) is 2.67. The largest absolute Gasteiger partial charge is 0.494 e. The van der Waals surface area contributed by atoms with E-state index in [9.17, 15) is 0 Å². The van der Waals surface area contributed by atoms with E-state index in [0.29, 0.717) is 29.5 Å². The van der Waals surface area contributed by atoms with Crippen LogP contribution in [-0.2, 0) is 6.42 Å². The lowest BCUT2D eigenvalue weighted by molar-refractivity contribution is 0.265. The van der Waals surface area contributed by atoms with Gasteiger partial charge in [-0.05, 0) is 94.1 Å². The van der Waals surface area contributed by atoms with Gasteiger partial charge in [0.1, 0.15) is 5.75 Å². The fraction of sp³-hybridized carbons (Fsp3) is 0.357. The van der Waals surface area contributed by atoms with E-state index in [1.165, 1.54) is 5.56 Å².